The van der Waals surface area contributed by atoms with Gasteiger partial charge in [0.15, 0.2) is 0 Å². The zero-order chi connectivity index (χ0) is 15.9. The summed E-state index contributed by atoms with van der Waals surface area (Å²) in [6, 6.07) is 7.22. The molecule has 1 aromatic carbocycles. The number of hydrogen-bond donors (Lipinski definition) is 2. The maximum atomic E-state index is 12.1. The van der Waals surface area contributed by atoms with E-state index in [0.717, 1.165) is 6.54 Å². The van der Waals surface area contributed by atoms with Gasteiger partial charge in [0.2, 0.25) is 11.8 Å². The third-order valence-electron chi connectivity index (χ3n) is 3.31. The first-order valence-corrected chi connectivity index (χ1v) is 7.44. The Balaban J connectivity index is 0.00000208. The second-order valence-corrected chi connectivity index (χ2v) is 5.15. The third kappa shape index (κ3) is 5.45. The number of halogens is 1. The molecule has 1 saturated heterocycles. The lowest BCUT2D eigenvalue weighted by Crippen LogP contribution is -2.43. The van der Waals surface area contributed by atoms with E-state index in [0.29, 0.717) is 37.0 Å². The van der Waals surface area contributed by atoms with Crippen LogP contribution in [0.15, 0.2) is 42.9 Å². The lowest BCUT2D eigenvalue weighted by Gasteiger charge is -2.23. The van der Waals surface area contributed by atoms with Gasteiger partial charge in [0, 0.05) is 43.2 Å². The molecule has 24 heavy (non-hydrogen) atoms. The van der Waals surface area contributed by atoms with Gasteiger partial charge >= 0.3 is 0 Å². The molecule has 2 N–H and O–H groups in total. The number of benzene rings is 1. The van der Waals surface area contributed by atoms with E-state index < -0.39 is 0 Å². The van der Waals surface area contributed by atoms with E-state index in [2.05, 4.69) is 20.6 Å². The lowest BCUT2D eigenvalue weighted by atomic mass is 10.2. The van der Waals surface area contributed by atoms with E-state index in [1.807, 2.05) is 12.1 Å². The number of ether oxygens (including phenoxy) is 2. The van der Waals surface area contributed by atoms with E-state index in [1.165, 1.54) is 6.20 Å². The number of aromatic nitrogens is 2. The van der Waals surface area contributed by atoms with Crippen LogP contribution in [-0.4, -0.2) is 41.7 Å². The summed E-state index contributed by atoms with van der Waals surface area (Å²) in [5, 5.41) is 6.12. The highest BCUT2D eigenvalue weighted by atomic mass is 35.5. The van der Waals surface area contributed by atoms with Crippen LogP contribution in [0.25, 0.3) is 0 Å². The monoisotopic (exact) mass is 350 g/mol. The molecule has 0 bridgehead atoms. The van der Waals surface area contributed by atoms with Crippen molar-refractivity contribution in [2.75, 3.05) is 25.1 Å². The van der Waals surface area contributed by atoms with Gasteiger partial charge in [0.05, 0.1) is 19.4 Å². The molecule has 8 heteroatoms. The van der Waals surface area contributed by atoms with Crippen LogP contribution in [0.1, 0.15) is 6.42 Å². The van der Waals surface area contributed by atoms with Gasteiger partial charge in [-0.1, -0.05) is 6.07 Å². The van der Waals surface area contributed by atoms with Gasteiger partial charge in [0.1, 0.15) is 5.75 Å². The predicted molar refractivity (Wildman–Crippen MR) is 91.7 cm³/mol. The van der Waals surface area contributed by atoms with Gasteiger partial charge in [-0.25, -0.2) is 4.98 Å². The zero-order valence-electron chi connectivity index (χ0n) is 13.0. The Morgan fingerprint density at radius 2 is 2.33 bits per heavy atom. The molecule has 1 atom stereocenters. The van der Waals surface area contributed by atoms with Crippen LogP contribution in [0.4, 0.5) is 5.69 Å². The summed E-state index contributed by atoms with van der Waals surface area (Å²) in [7, 11) is 0. The summed E-state index contributed by atoms with van der Waals surface area (Å²) in [6.07, 6.45) is 5.03. The summed E-state index contributed by atoms with van der Waals surface area (Å²) in [5.74, 6) is 0.923. The molecule has 1 aliphatic heterocycles. The third-order valence-corrected chi connectivity index (χ3v) is 3.31. The molecular formula is C16H19ClN4O3. The van der Waals surface area contributed by atoms with Gasteiger partial charge < -0.3 is 20.1 Å². The Hall–Kier alpha value is -2.22. The van der Waals surface area contributed by atoms with Gasteiger partial charge in [-0.05, 0) is 12.1 Å². The topological polar surface area (TPSA) is 85.4 Å². The number of carbonyl (C=O) groups is 1. The molecule has 1 unspecified atom stereocenters. The predicted octanol–water partition coefficient (Wildman–Crippen LogP) is 2.01. The quantitative estimate of drug-likeness (QED) is 0.858. The number of morpholine rings is 1. The van der Waals surface area contributed by atoms with Crippen molar-refractivity contribution in [1.29, 1.82) is 0 Å². The molecule has 2 heterocycles. The first kappa shape index (κ1) is 18.1. The first-order valence-electron chi connectivity index (χ1n) is 7.44. The van der Waals surface area contributed by atoms with Crippen LogP contribution >= 0.6 is 12.4 Å². The molecule has 1 aliphatic rings. The summed E-state index contributed by atoms with van der Waals surface area (Å²) in [4.78, 5) is 20.1. The minimum Gasteiger partial charge on any atom is -0.437 e. The van der Waals surface area contributed by atoms with Crippen molar-refractivity contribution in [2.24, 2.45) is 0 Å². The van der Waals surface area contributed by atoms with Crippen molar-refractivity contribution >= 4 is 24.0 Å². The fraction of sp³-hybridized carbons (Fsp3) is 0.312. The summed E-state index contributed by atoms with van der Waals surface area (Å²) < 4.78 is 10.9. The maximum Gasteiger partial charge on any atom is 0.237 e. The van der Waals surface area contributed by atoms with E-state index in [4.69, 9.17) is 9.47 Å². The number of amides is 1. The highest BCUT2D eigenvalue weighted by Gasteiger charge is 2.16. The number of hydrogen-bond acceptors (Lipinski definition) is 6. The second-order valence-electron chi connectivity index (χ2n) is 5.15. The van der Waals surface area contributed by atoms with Crippen LogP contribution in [0.5, 0.6) is 11.6 Å². The molecule has 128 valence electrons. The van der Waals surface area contributed by atoms with Crippen molar-refractivity contribution < 1.29 is 14.3 Å². The molecule has 1 fully saturated rings. The number of rotatable bonds is 5. The van der Waals surface area contributed by atoms with Crippen LogP contribution in [0.2, 0.25) is 0 Å². The number of carbonyl (C=O) groups excluding carboxylic acids is 1. The summed E-state index contributed by atoms with van der Waals surface area (Å²) >= 11 is 0. The molecular weight excluding hydrogens is 332 g/mol. The summed E-state index contributed by atoms with van der Waals surface area (Å²) in [5.41, 5.74) is 0.674. The Bertz CT molecular complexity index is 651. The largest absolute Gasteiger partial charge is 0.437 e. The van der Waals surface area contributed by atoms with Crippen LogP contribution in [0, 0.1) is 0 Å². The number of nitrogens with one attached hydrogen (secondary N) is 2. The molecule has 0 aliphatic carbocycles. The highest BCUT2D eigenvalue weighted by Crippen LogP contribution is 2.22. The maximum absolute atomic E-state index is 12.1. The summed E-state index contributed by atoms with van der Waals surface area (Å²) in [6.45, 7) is 2.03. The Morgan fingerprint density at radius 1 is 1.42 bits per heavy atom. The van der Waals surface area contributed by atoms with Crippen molar-refractivity contribution in [1.82, 2.24) is 15.3 Å². The fourth-order valence-corrected chi connectivity index (χ4v) is 2.28. The van der Waals surface area contributed by atoms with E-state index in [-0.39, 0.29) is 24.4 Å². The van der Waals surface area contributed by atoms with Crippen molar-refractivity contribution in [3.8, 4) is 11.6 Å². The van der Waals surface area contributed by atoms with Crippen molar-refractivity contribution in [2.45, 2.75) is 12.5 Å². The van der Waals surface area contributed by atoms with Gasteiger partial charge in [-0.3, -0.25) is 9.78 Å². The molecule has 0 saturated carbocycles. The fourth-order valence-electron chi connectivity index (χ4n) is 2.28. The van der Waals surface area contributed by atoms with E-state index in [9.17, 15) is 4.79 Å². The Morgan fingerprint density at radius 3 is 3.08 bits per heavy atom. The smallest absolute Gasteiger partial charge is 0.237 e. The lowest BCUT2D eigenvalue weighted by molar-refractivity contribution is -0.117. The number of nitrogens with zero attached hydrogens (tertiary/aromatic N) is 2. The Labute approximate surface area is 146 Å². The second kappa shape index (κ2) is 9.17. The zero-order valence-corrected chi connectivity index (χ0v) is 13.8. The van der Waals surface area contributed by atoms with E-state index in [1.54, 1.807) is 24.5 Å². The highest BCUT2D eigenvalue weighted by molar-refractivity contribution is 5.91. The van der Waals surface area contributed by atoms with Crippen molar-refractivity contribution in [3.63, 3.8) is 0 Å². The Kier molecular flexibility index (Phi) is 6.92. The van der Waals surface area contributed by atoms with Crippen LogP contribution < -0.4 is 15.4 Å². The van der Waals surface area contributed by atoms with Crippen molar-refractivity contribution in [3.05, 3.63) is 42.9 Å². The minimum atomic E-state index is -0.0651. The van der Waals surface area contributed by atoms with Gasteiger partial charge in [0.25, 0.3) is 0 Å². The molecule has 1 amide bonds. The molecule has 1 aromatic heterocycles. The minimum absolute atomic E-state index is 0. The molecule has 2 aromatic rings. The van der Waals surface area contributed by atoms with Crippen LogP contribution in [-0.2, 0) is 9.53 Å². The SMILES string of the molecule is Cl.O=C(CC1COCCN1)Nc1cccc(Oc2cnccn2)c1. The molecule has 7 nitrogen and oxygen atoms in total. The van der Waals surface area contributed by atoms with E-state index >= 15 is 0 Å². The average molecular weight is 351 g/mol. The number of anilines is 1. The normalized spacial score (nSPS) is 16.8. The molecule has 3 rings (SSSR count). The molecule has 0 spiro atoms. The average Bonchev–Trinajstić information content (AvgIpc) is 2.57. The van der Waals surface area contributed by atoms with Gasteiger partial charge in [-0.15, -0.1) is 12.4 Å². The molecule has 0 radical (unpaired) electrons. The standard InChI is InChI=1S/C16H18N4O3.ClH/c21-15(9-13-11-22-7-6-18-13)20-12-2-1-3-14(8-12)23-16-10-17-4-5-19-16;/h1-5,8,10,13,18H,6-7,9,11H2,(H,20,21);1H. The first-order chi connectivity index (χ1) is 11.3. The van der Waals surface area contributed by atoms with Gasteiger partial charge in [-0.2, -0.15) is 0 Å². The van der Waals surface area contributed by atoms with Crippen LogP contribution in [0.3, 0.4) is 0 Å².